The van der Waals surface area contributed by atoms with E-state index < -0.39 is 0 Å². The Bertz CT molecular complexity index is 418. The number of aliphatic hydroxyl groups is 2. The maximum absolute atomic E-state index is 12.0. The van der Waals surface area contributed by atoms with Gasteiger partial charge in [0, 0.05) is 18.8 Å². The number of hydrogen-bond acceptors (Lipinski definition) is 3. The van der Waals surface area contributed by atoms with Crippen LogP contribution in [0.15, 0.2) is 24.3 Å². The van der Waals surface area contributed by atoms with E-state index in [0.29, 0.717) is 5.69 Å². The van der Waals surface area contributed by atoms with Crippen molar-refractivity contribution in [3.63, 3.8) is 0 Å². The van der Waals surface area contributed by atoms with Gasteiger partial charge >= 0.3 is 6.03 Å². The molecular formula is C15H24N2O3. The predicted octanol–water partition coefficient (Wildman–Crippen LogP) is 1.80. The van der Waals surface area contributed by atoms with Crippen LogP contribution in [0.25, 0.3) is 0 Å². The molecule has 3 N–H and O–H groups in total. The maximum atomic E-state index is 12.0. The SMILES string of the molecule is CC(C)(C)c1ccc(NC(=O)N(CCO)CCO)cc1. The summed E-state index contributed by atoms with van der Waals surface area (Å²) in [5.74, 6) is 0. The van der Waals surface area contributed by atoms with Gasteiger partial charge in [0.1, 0.15) is 0 Å². The van der Waals surface area contributed by atoms with Gasteiger partial charge in [-0.3, -0.25) is 0 Å². The summed E-state index contributed by atoms with van der Waals surface area (Å²) in [5, 5.41) is 20.6. The molecule has 0 saturated heterocycles. The largest absolute Gasteiger partial charge is 0.395 e. The number of nitrogens with zero attached hydrogens (tertiary/aromatic N) is 1. The number of benzene rings is 1. The highest BCUT2D eigenvalue weighted by Gasteiger charge is 2.15. The lowest BCUT2D eigenvalue weighted by atomic mass is 9.87. The van der Waals surface area contributed by atoms with Crippen LogP contribution in [-0.2, 0) is 5.41 Å². The van der Waals surface area contributed by atoms with Gasteiger partial charge in [-0.25, -0.2) is 4.79 Å². The third-order valence-electron chi connectivity index (χ3n) is 3.03. The van der Waals surface area contributed by atoms with Crippen molar-refractivity contribution in [3.8, 4) is 0 Å². The Kier molecular flexibility index (Phi) is 5.98. The number of aliphatic hydroxyl groups excluding tert-OH is 2. The number of carbonyl (C=O) groups excluding carboxylic acids is 1. The minimum atomic E-state index is -0.323. The Hall–Kier alpha value is -1.59. The van der Waals surface area contributed by atoms with E-state index in [4.69, 9.17) is 10.2 Å². The molecule has 112 valence electrons. The van der Waals surface area contributed by atoms with E-state index in [9.17, 15) is 4.79 Å². The molecule has 2 amide bonds. The predicted molar refractivity (Wildman–Crippen MR) is 79.9 cm³/mol. The molecule has 1 aromatic carbocycles. The minimum Gasteiger partial charge on any atom is -0.395 e. The summed E-state index contributed by atoms with van der Waals surface area (Å²) in [4.78, 5) is 13.3. The van der Waals surface area contributed by atoms with Crippen molar-refractivity contribution in [1.29, 1.82) is 0 Å². The number of urea groups is 1. The number of anilines is 1. The fraction of sp³-hybridized carbons (Fsp3) is 0.533. The van der Waals surface area contributed by atoms with Gasteiger partial charge in [-0.15, -0.1) is 0 Å². The van der Waals surface area contributed by atoms with E-state index in [1.54, 1.807) is 0 Å². The zero-order valence-corrected chi connectivity index (χ0v) is 12.4. The average Bonchev–Trinajstić information content (AvgIpc) is 2.38. The van der Waals surface area contributed by atoms with Gasteiger partial charge in [0.05, 0.1) is 13.2 Å². The number of amides is 2. The molecule has 0 atom stereocenters. The van der Waals surface area contributed by atoms with Crippen molar-refractivity contribution in [2.75, 3.05) is 31.6 Å². The van der Waals surface area contributed by atoms with E-state index >= 15 is 0 Å². The Labute approximate surface area is 120 Å². The highest BCUT2D eigenvalue weighted by atomic mass is 16.3. The zero-order chi connectivity index (χ0) is 15.2. The van der Waals surface area contributed by atoms with Crippen LogP contribution in [0.4, 0.5) is 10.5 Å². The first-order chi connectivity index (χ1) is 9.38. The maximum Gasteiger partial charge on any atom is 0.321 e. The van der Waals surface area contributed by atoms with Gasteiger partial charge in [0.2, 0.25) is 0 Å². The molecule has 0 aliphatic carbocycles. The third kappa shape index (κ3) is 4.83. The molecule has 0 aromatic heterocycles. The molecule has 5 heteroatoms. The fourth-order valence-electron chi connectivity index (χ4n) is 1.81. The molecule has 0 unspecified atom stereocenters. The van der Waals surface area contributed by atoms with E-state index in [1.165, 1.54) is 10.5 Å². The lowest BCUT2D eigenvalue weighted by molar-refractivity contribution is 0.167. The third-order valence-corrected chi connectivity index (χ3v) is 3.03. The number of rotatable bonds is 5. The van der Waals surface area contributed by atoms with Gasteiger partial charge in [-0.05, 0) is 23.1 Å². The molecule has 0 aliphatic heterocycles. The second-order valence-electron chi connectivity index (χ2n) is 5.69. The van der Waals surface area contributed by atoms with Gasteiger partial charge in [0.25, 0.3) is 0 Å². The average molecular weight is 280 g/mol. The molecule has 0 fully saturated rings. The quantitative estimate of drug-likeness (QED) is 0.770. The first kappa shape index (κ1) is 16.5. The van der Waals surface area contributed by atoms with E-state index in [0.717, 1.165) is 0 Å². The monoisotopic (exact) mass is 280 g/mol. The Balaban J connectivity index is 2.70. The summed E-state index contributed by atoms with van der Waals surface area (Å²) < 4.78 is 0. The van der Waals surface area contributed by atoms with Crippen molar-refractivity contribution < 1.29 is 15.0 Å². The molecule has 0 saturated carbocycles. The van der Waals surface area contributed by atoms with Crippen molar-refractivity contribution in [1.82, 2.24) is 4.90 Å². The molecule has 0 bridgehead atoms. The van der Waals surface area contributed by atoms with Crippen molar-refractivity contribution >= 4 is 11.7 Å². The fourth-order valence-corrected chi connectivity index (χ4v) is 1.81. The van der Waals surface area contributed by atoms with Crippen LogP contribution < -0.4 is 5.32 Å². The summed E-state index contributed by atoms with van der Waals surface area (Å²) in [6.07, 6.45) is 0. The Morgan fingerprint density at radius 1 is 1.10 bits per heavy atom. The zero-order valence-electron chi connectivity index (χ0n) is 12.4. The smallest absolute Gasteiger partial charge is 0.321 e. The highest BCUT2D eigenvalue weighted by Crippen LogP contribution is 2.23. The lowest BCUT2D eigenvalue weighted by Crippen LogP contribution is -2.38. The number of hydrogen-bond donors (Lipinski definition) is 3. The standard InChI is InChI=1S/C15H24N2O3/c1-15(2,3)12-4-6-13(7-5-12)16-14(20)17(8-10-18)9-11-19/h4-7,18-19H,8-11H2,1-3H3,(H,16,20). The van der Waals surface area contributed by atoms with Gasteiger partial charge < -0.3 is 20.4 Å². The molecule has 20 heavy (non-hydrogen) atoms. The van der Waals surface area contributed by atoms with E-state index in [1.807, 2.05) is 24.3 Å². The van der Waals surface area contributed by atoms with Crippen LogP contribution in [0, 0.1) is 0 Å². The summed E-state index contributed by atoms with van der Waals surface area (Å²) >= 11 is 0. The summed E-state index contributed by atoms with van der Waals surface area (Å²) in [6, 6.07) is 7.36. The summed E-state index contributed by atoms with van der Waals surface area (Å²) in [5.41, 5.74) is 1.96. The second kappa shape index (κ2) is 7.26. The van der Waals surface area contributed by atoms with Crippen LogP contribution in [0.3, 0.4) is 0 Å². The van der Waals surface area contributed by atoms with Crippen molar-refractivity contribution in [3.05, 3.63) is 29.8 Å². The van der Waals surface area contributed by atoms with Crippen molar-refractivity contribution in [2.24, 2.45) is 0 Å². The summed E-state index contributed by atoms with van der Waals surface area (Å²) in [6.45, 7) is 6.53. The normalized spacial score (nSPS) is 11.2. The van der Waals surface area contributed by atoms with Crippen LogP contribution in [0.1, 0.15) is 26.3 Å². The van der Waals surface area contributed by atoms with E-state index in [-0.39, 0.29) is 37.7 Å². The Morgan fingerprint density at radius 3 is 2.00 bits per heavy atom. The summed E-state index contributed by atoms with van der Waals surface area (Å²) in [7, 11) is 0. The van der Waals surface area contributed by atoms with Crippen molar-refractivity contribution in [2.45, 2.75) is 26.2 Å². The molecular weight excluding hydrogens is 256 g/mol. The van der Waals surface area contributed by atoms with Crippen LogP contribution >= 0.6 is 0 Å². The molecule has 0 spiro atoms. The van der Waals surface area contributed by atoms with Gasteiger partial charge in [0.15, 0.2) is 0 Å². The first-order valence-electron chi connectivity index (χ1n) is 6.76. The van der Waals surface area contributed by atoms with Gasteiger partial charge in [-0.2, -0.15) is 0 Å². The topological polar surface area (TPSA) is 72.8 Å². The lowest BCUT2D eigenvalue weighted by Gasteiger charge is -2.22. The first-order valence-corrected chi connectivity index (χ1v) is 6.76. The molecule has 5 nitrogen and oxygen atoms in total. The molecule has 1 aromatic rings. The molecule has 0 heterocycles. The van der Waals surface area contributed by atoms with Crippen LogP contribution in [0.2, 0.25) is 0 Å². The molecule has 1 rings (SSSR count). The second-order valence-corrected chi connectivity index (χ2v) is 5.69. The highest BCUT2D eigenvalue weighted by molar-refractivity contribution is 5.89. The minimum absolute atomic E-state index is 0.0718. The molecule has 0 aliphatic rings. The number of nitrogens with one attached hydrogen (secondary N) is 1. The van der Waals surface area contributed by atoms with E-state index in [2.05, 4.69) is 26.1 Å². The Morgan fingerprint density at radius 2 is 1.60 bits per heavy atom. The molecule has 0 radical (unpaired) electrons. The van der Waals surface area contributed by atoms with Crippen LogP contribution in [-0.4, -0.2) is 47.4 Å². The number of carbonyl (C=O) groups is 1. The van der Waals surface area contributed by atoms with Crippen LogP contribution in [0.5, 0.6) is 0 Å². The van der Waals surface area contributed by atoms with Gasteiger partial charge in [-0.1, -0.05) is 32.9 Å².